The maximum Gasteiger partial charge on any atom is 0.325 e. The molecule has 1 aromatic carbocycles. The van der Waals surface area contributed by atoms with Crippen LogP contribution in [0.2, 0.25) is 0 Å². The number of halogens is 3. The Morgan fingerprint density at radius 1 is 1.21 bits per heavy atom. The Balaban J connectivity index is 2.60. The van der Waals surface area contributed by atoms with Crippen LogP contribution in [0.1, 0.15) is 6.92 Å². The van der Waals surface area contributed by atoms with Gasteiger partial charge in [0.25, 0.3) is 0 Å². The van der Waals surface area contributed by atoms with Gasteiger partial charge in [-0.3, -0.25) is 4.79 Å². The summed E-state index contributed by atoms with van der Waals surface area (Å²) in [6.07, 6.45) is 0. The number of ether oxygens (including phenoxy) is 1. The Hall–Kier alpha value is -0.600. The van der Waals surface area contributed by atoms with E-state index in [9.17, 15) is 9.59 Å². The van der Waals surface area contributed by atoms with Crippen LogP contribution in [0, 0.1) is 0 Å². The van der Waals surface area contributed by atoms with Gasteiger partial charge in [0.05, 0.1) is 12.3 Å². The highest BCUT2D eigenvalue weighted by Gasteiger charge is 2.11. The van der Waals surface area contributed by atoms with Gasteiger partial charge in [-0.25, -0.2) is 4.79 Å². The van der Waals surface area contributed by atoms with Gasteiger partial charge in [-0.2, -0.15) is 0 Å². The average Bonchev–Trinajstić information content (AvgIpc) is 2.31. The van der Waals surface area contributed by atoms with Gasteiger partial charge in [0.2, 0.25) is 0 Å². The summed E-state index contributed by atoms with van der Waals surface area (Å²) < 4.78 is 6.98. The molecule has 0 aromatic heterocycles. The monoisotopic (exact) mass is 456 g/mol. The van der Waals surface area contributed by atoms with Crippen molar-refractivity contribution in [3.05, 3.63) is 25.6 Å². The number of benzene rings is 1. The lowest BCUT2D eigenvalue weighted by atomic mass is 10.3. The van der Waals surface area contributed by atoms with E-state index in [2.05, 4.69) is 58.4 Å². The van der Waals surface area contributed by atoms with Crippen LogP contribution < -0.4 is 10.6 Å². The number of anilines is 1. The highest BCUT2D eigenvalue weighted by molar-refractivity contribution is 9.11. The lowest BCUT2D eigenvalue weighted by molar-refractivity contribution is -0.141. The zero-order chi connectivity index (χ0) is 14.4. The van der Waals surface area contributed by atoms with Crippen LogP contribution in [0.3, 0.4) is 0 Å². The van der Waals surface area contributed by atoms with Gasteiger partial charge in [0.1, 0.15) is 6.54 Å². The number of carbonyl (C=O) groups is 2. The molecule has 0 unspecified atom stereocenters. The number of rotatable bonds is 4. The molecule has 2 amide bonds. The summed E-state index contributed by atoms with van der Waals surface area (Å²) in [5.74, 6) is -0.480. The molecule has 104 valence electrons. The Morgan fingerprint density at radius 2 is 1.79 bits per heavy atom. The fourth-order valence-corrected chi connectivity index (χ4v) is 3.64. The van der Waals surface area contributed by atoms with Crippen molar-refractivity contribution < 1.29 is 14.3 Å². The summed E-state index contributed by atoms with van der Waals surface area (Å²) in [5.41, 5.74) is 0.574. The van der Waals surface area contributed by atoms with Crippen molar-refractivity contribution in [3.63, 3.8) is 0 Å². The first kappa shape index (κ1) is 16.5. The SMILES string of the molecule is CCOC(=O)CNC(=O)Nc1c(Br)cc(Br)cc1Br. The minimum absolute atomic E-state index is 0.175. The zero-order valence-corrected chi connectivity index (χ0v) is 14.7. The van der Waals surface area contributed by atoms with Crippen LogP contribution in [0.4, 0.5) is 10.5 Å². The first-order valence-corrected chi connectivity index (χ1v) is 7.67. The second kappa shape index (κ2) is 7.86. The van der Waals surface area contributed by atoms with Crippen LogP contribution in [0.25, 0.3) is 0 Å². The molecule has 0 aliphatic heterocycles. The molecule has 2 N–H and O–H groups in total. The topological polar surface area (TPSA) is 67.4 Å². The van der Waals surface area contributed by atoms with E-state index in [0.717, 1.165) is 4.47 Å². The quantitative estimate of drug-likeness (QED) is 0.677. The van der Waals surface area contributed by atoms with Crippen molar-refractivity contribution >= 4 is 65.5 Å². The fraction of sp³-hybridized carbons (Fsp3) is 0.273. The van der Waals surface area contributed by atoms with Crippen molar-refractivity contribution in [2.75, 3.05) is 18.5 Å². The van der Waals surface area contributed by atoms with Gasteiger partial charge < -0.3 is 15.4 Å². The number of hydrogen-bond acceptors (Lipinski definition) is 3. The average molecular weight is 459 g/mol. The third kappa shape index (κ3) is 5.50. The molecular weight excluding hydrogens is 448 g/mol. The minimum Gasteiger partial charge on any atom is -0.465 e. The van der Waals surface area contributed by atoms with Gasteiger partial charge >= 0.3 is 12.0 Å². The third-order valence-electron chi connectivity index (χ3n) is 1.94. The van der Waals surface area contributed by atoms with Crippen molar-refractivity contribution in [2.24, 2.45) is 0 Å². The van der Waals surface area contributed by atoms with E-state index >= 15 is 0 Å². The van der Waals surface area contributed by atoms with Crippen LogP contribution in [-0.2, 0) is 9.53 Å². The molecule has 0 radical (unpaired) electrons. The first-order chi connectivity index (χ1) is 8.93. The molecule has 0 saturated heterocycles. The van der Waals surface area contributed by atoms with E-state index in [-0.39, 0.29) is 13.2 Å². The van der Waals surface area contributed by atoms with Crippen molar-refractivity contribution in [1.82, 2.24) is 5.32 Å². The van der Waals surface area contributed by atoms with Crippen LogP contribution in [0.15, 0.2) is 25.6 Å². The zero-order valence-electron chi connectivity index (χ0n) is 9.93. The molecule has 0 atom stereocenters. The summed E-state index contributed by atoms with van der Waals surface area (Å²) in [5, 5.41) is 5.04. The highest BCUT2D eigenvalue weighted by Crippen LogP contribution is 2.34. The maximum atomic E-state index is 11.6. The molecule has 0 saturated carbocycles. The number of nitrogens with one attached hydrogen (secondary N) is 2. The number of esters is 1. The molecule has 0 bridgehead atoms. The number of carbonyl (C=O) groups excluding carboxylic acids is 2. The first-order valence-electron chi connectivity index (χ1n) is 5.29. The maximum absolute atomic E-state index is 11.6. The molecule has 0 aliphatic rings. The van der Waals surface area contributed by atoms with Gasteiger partial charge in [-0.1, -0.05) is 15.9 Å². The number of urea groups is 1. The summed E-state index contributed by atoms with van der Waals surface area (Å²) in [7, 11) is 0. The van der Waals surface area contributed by atoms with Crippen molar-refractivity contribution in [3.8, 4) is 0 Å². The number of amides is 2. The largest absolute Gasteiger partial charge is 0.465 e. The predicted molar refractivity (Wildman–Crippen MR) is 83.2 cm³/mol. The molecule has 0 fully saturated rings. The summed E-state index contributed by atoms with van der Waals surface area (Å²) in [4.78, 5) is 22.7. The van der Waals surface area contributed by atoms with Crippen molar-refractivity contribution in [2.45, 2.75) is 6.92 Å². The molecule has 8 heteroatoms. The Bertz CT molecular complexity index is 471. The highest BCUT2D eigenvalue weighted by atomic mass is 79.9. The van der Waals surface area contributed by atoms with Crippen LogP contribution >= 0.6 is 47.8 Å². The standard InChI is InChI=1S/C11H11Br3N2O3/c1-2-19-9(17)5-15-11(18)16-10-7(13)3-6(12)4-8(10)14/h3-4H,2,5H2,1H3,(H2,15,16,18). The van der Waals surface area contributed by atoms with Gasteiger partial charge in [-0.05, 0) is 50.9 Å². The van der Waals surface area contributed by atoms with Crippen LogP contribution in [-0.4, -0.2) is 25.2 Å². The third-order valence-corrected chi connectivity index (χ3v) is 3.65. The van der Waals surface area contributed by atoms with Crippen LogP contribution in [0.5, 0.6) is 0 Å². The lowest BCUT2D eigenvalue weighted by Gasteiger charge is -2.11. The van der Waals surface area contributed by atoms with Crippen molar-refractivity contribution in [1.29, 1.82) is 0 Å². The molecule has 5 nitrogen and oxygen atoms in total. The van der Waals surface area contributed by atoms with E-state index in [1.54, 1.807) is 19.1 Å². The summed E-state index contributed by atoms with van der Waals surface area (Å²) >= 11 is 10.0. The Kier molecular flexibility index (Phi) is 6.81. The smallest absolute Gasteiger partial charge is 0.325 e. The van der Waals surface area contributed by atoms with E-state index in [4.69, 9.17) is 4.74 Å². The van der Waals surface area contributed by atoms with E-state index in [1.807, 2.05) is 0 Å². The lowest BCUT2D eigenvalue weighted by Crippen LogP contribution is -2.34. The molecule has 1 rings (SSSR count). The number of hydrogen-bond donors (Lipinski definition) is 2. The van der Waals surface area contributed by atoms with E-state index < -0.39 is 12.0 Å². The second-order valence-corrected chi connectivity index (χ2v) is 5.98. The molecule has 0 spiro atoms. The van der Waals surface area contributed by atoms with E-state index in [1.165, 1.54) is 0 Å². The van der Waals surface area contributed by atoms with Gasteiger partial charge in [0.15, 0.2) is 0 Å². The van der Waals surface area contributed by atoms with E-state index in [0.29, 0.717) is 14.6 Å². The predicted octanol–water partition coefficient (Wildman–Crippen LogP) is 3.66. The molecule has 19 heavy (non-hydrogen) atoms. The minimum atomic E-state index is -0.489. The summed E-state index contributed by atoms with van der Waals surface area (Å²) in [6.45, 7) is 1.81. The molecule has 1 aromatic rings. The van der Waals surface area contributed by atoms with Gasteiger partial charge in [0, 0.05) is 13.4 Å². The molecule has 0 heterocycles. The molecular formula is C11H11Br3N2O3. The normalized spacial score (nSPS) is 9.89. The fourth-order valence-electron chi connectivity index (χ4n) is 1.18. The Morgan fingerprint density at radius 3 is 2.32 bits per heavy atom. The second-order valence-electron chi connectivity index (χ2n) is 3.36. The molecule has 0 aliphatic carbocycles. The summed E-state index contributed by atoms with van der Waals surface area (Å²) in [6, 6.07) is 3.11. The van der Waals surface area contributed by atoms with Gasteiger partial charge in [-0.15, -0.1) is 0 Å². The Labute approximate surface area is 135 Å².